The molecule has 0 saturated carbocycles. The lowest BCUT2D eigenvalue weighted by molar-refractivity contribution is 0.0294. The van der Waals surface area contributed by atoms with Gasteiger partial charge in [-0.15, -0.1) is 20.4 Å². The largest absolute Gasteiger partial charge is 0.491 e. The zero-order valence-electron chi connectivity index (χ0n) is 69.2. The monoisotopic (exact) mass is 1620 g/mol. The van der Waals surface area contributed by atoms with Gasteiger partial charge in [-0.3, -0.25) is 0 Å². The third-order valence-corrected chi connectivity index (χ3v) is 19.3. The van der Waals surface area contributed by atoms with Crippen LogP contribution in [0.5, 0.6) is 46.0 Å². The molecule has 4 aromatic heterocycles. The Morgan fingerprint density at radius 1 is 0.220 bits per heavy atom. The molecule has 12 rings (SSSR count). The summed E-state index contributed by atoms with van der Waals surface area (Å²) in [4.78, 5) is 0. The summed E-state index contributed by atoms with van der Waals surface area (Å²) in [5, 5.41) is 39.9. The molecule has 0 aliphatic rings. The fraction of sp³-hybridized carbons (Fsp3) is 0.444. The van der Waals surface area contributed by atoms with Gasteiger partial charge in [-0.1, -0.05) is 185 Å². The Hall–Kier alpha value is -10.8. The molecular weight excluding hydrogens is 1510 g/mol. The van der Waals surface area contributed by atoms with Crippen LogP contribution in [0.4, 0.5) is 0 Å². The number of nitrogens with zero attached hydrogens (tertiary/aromatic N) is 12. The van der Waals surface area contributed by atoms with Gasteiger partial charge in [-0.05, 0) is 82.3 Å². The van der Waals surface area contributed by atoms with Crippen LogP contribution in [0, 0.1) is 0 Å². The van der Waals surface area contributed by atoms with E-state index in [2.05, 4.69) is 133 Å². The van der Waals surface area contributed by atoms with Crippen LogP contribution in [0.3, 0.4) is 0 Å². The zero-order chi connectivity index (χ0) is 81.9. The summed E-state index contributed by atoms with van der Waals surface area (Å²) in [6, 6.07) is 48.3. The summed E-state index contributed by atoms with van der Waals surface area (Å²) < 4.78 is 104. The minimum atomic E-state index is 0.307. The van der Waals surface area contributed by atoms with Crippen LogP contribution in [0.1, 0.15) is 124 Å². The van der Waals surface area contributed by atoms with Gasteiger partial charge in [-0.25, -0.2) is 18.7 Å². The van der Waals surface area contributed by atoms with Crippen LogP contribution >= 0.6 is 0 Å². The SMILES string of the molecule is CC(C)c1cccc(C(C)C)c1OCc1cn(CCOCCOc2cccc3c(OCCOCCn4cc(COCCOCCOc5cccc6c(OCCOCCOCc7cn(CCOCCOc8cccc9c(OCCOCCn%10cc(COc%11c(C(C)C)cccc%11C(C)C)nn%10)cccc89)nn7)cccc56)nn4)cccc23)nn1. The maximum atomic E-state index is 6.34. The van der Waals surface area contributed by atoms with Crippen molar-refractivity contribution in [1.29, 1.82) is 0 Å². The van der Waals surface area contributed by atoms with Gasteiger partial charge < -0.3 is 75.8 Å². The van der Waals surface area contributed by atoms with Gasteiger partial charge in [0.1, 0.15) is 122 Å². The molecule has 118 heavy (non-hydrogen) atoms. The van der Waals surface area contributed by atoms with E-state index in [4.69, 9.17) is 75.8 Å². The van der Waals surface area contributed by atoms with E-state index in [9.17, 15) is 0 Å². The maximum Gasteiger partial charge on any atom is 0.134 e. The minimum Gasteiger partial charge on any atom is -0.491 e. The summed E-state index contributed by atoms with van der Waals surface area (Å²) in [5.74, 6) is 7.78. The van der Waals surface area contributed by atoms with E-state index in [0.717, 1.165) is 89.7 Å². The van der Waals surface area contributed by atoms with Crippen LogP contribution < -0.4 is 37.9 Å². The van der Waals surface area contributed by atoms with Crippen molar-refractivity contribution in [2.24, 2.45) is 0 Å². The fourth-order valence-corrected chi connectivity index (χ4v) is 13.3. The van der Waals surface area contributed by atoms with Crippen LogP contribution in [0.15, 0.2) is 170 Å². The number of ether oxygens (including phenoxy) is 16. The van der Waals surface area contributed by atoms with E-state index in [-0.39, 0.29) is 0 Å². The van der Waals surface area contributed by atoms with Gasteiger partial charge in [0.2, 0.25) is 0 Å². The summed E-state index contributed by atoms with van der Waals surface area (Å²) in [6.07, 6.45) is 7.52. The lowest BCUT2D eigenvalue weighted by Crippen LogP contribution is -2.12. The molecule has 0 N–H and O–H groups in total. The number of hydrogen-bond acceptors (Lipinski definition) is 24. The molecule has 0 fully saturated rings. The third kappa shape index (κ3) is 26.1. The molecule has 12 aromatic rings. The Morgan fingerprint density at radius 3 is 0.661 bits per heavy atom. The van der Waals surface area contributed by atoms with E-state index in [1.165, 1.54) is 22.3 Å². The third-order valence-electron chi connectivity index (χ3n) is 19.3. The highest BCUT2D eigenvalue weighted by Crippen LogP contribution is 2.39. The summed E-state index contributed by atoms with van der Waals surface area (Å²) >= 11 is 0. The molecule has 628 valence electrons. The smallest absolute Gasteiger partial charge is 0.134 e. The molecule has 8 aromatic carbocycles. The Labute approximate surface area is 690 Å². The van der Waals surface area contributed by atoms with E-state index < -0.39 is 0 Å². The Balaban J connectivity index is 0.443. The van der Waals surface area contributed by atoms with Crippen LogP contribution in [-0.2, 0) is 90.5 Å². The summed E-state index contributed by atoms with van der Waals surface area (Å²) in [6.45, 7) is 29.0. The normalized spacial score (nSPS) is 11.7. The van der Waals surface area contributed by atoms with Crippen molar-refractivity contribution >= 4 is 32.3 Å². The predicted molar refractivity (Wildman–Crippen MR) is 447 cm³/mol. The minimum absolute atomic E-state index is 0.307. The highest BCUT2D eigenvalue weighted by atomic mass is 16.6. The standard InChI is InChI=1S/C90H112N12O16/c1-65(2)73-17-9-18-74(66(3)4)89(73)117-63-71-59-101(97-93-71)35-39-105-47-53-113-85-29-13-21-77-79(85)23-11-27-83(77)111-51-45-103-37-33-99-57-69(91-95-99)61-109-43-41-107-49-55-115-87-31-15-26-82-81(87)25-16-32-88(82)116-56-50-108-42-44-110-62-70-58-100(96-92-70)34-38-104-46-52-112-84-28-12-24-80-78(84)22-14-30-86(80)114-54-48-106-40-36-102-60-72(94-98-102)64-118-90-75(67(5)6)19-10-20-76(90)68(7)8/h9-32,57-60,65-68H,33-56,61-64H2,1-8H3. The van der Waals surface area contributed by atoms with Gasteiger partial charge in [-0.2, -0.15) is 0 Å². The molecule has 0 aliphatic carbocycles. The first-order chi connectivity index (χ1) is 57.9. The maximum absolute atomic E-state index is 6.34. The van der Waals surface area contributed by atoms with Crippen LogP contribution in [0.25, 0.3) is 32.3 Å². The molecular formula is C90H112N12O16. The van der Waals surface area contributed by atoms with Crippen molar-refractivity contribution in [2.75, 3.05) is 132 Å². The van der Waals surface area contributed by atoms with E-state index >= 15 is 0 Å². The van der Waals surface area contributed by atoms with Gasteiger partial charge in [0.05, 0.1) is 157 Å². The van der Waals surface area contributed by atoms with Crippen LogP contribution in [-0.4, -0.2) is 192 Å². The first-order valence-corrected chi connectivity index (χ1v) is 40.9. The number of fused-ring (bicyclic) bond motifs is 3. The van der Waals surface area contributed by atoms with Crippen molar-refractivity contribution in [3.63, 3.8) is 0 Å². The quantitative estimate of drug-likeness (QED) is 0.0320. The van der Waals surface area contributed by atoms with Gasteiger partial charge in [0.15, 0.2) is 0 Å². The molecule has 4 heterocycles. The lowest BCUT2D eigenvalue weighted by Gasteiger charge is -2.19. The molecule has 28 nitrogen and oxygen atoms in total. The lowest BCUT2D eigenvalue weighted by atomic mass is 9.94. The average Bonchev–Trinajstić information content (AvgIpc) is 0.824. The molecule has 0 unspecified atom stereocenters. The number of para-hydroxylation sites is 2. The van der Waals surface area contributed by atoms with Crippen molar-refractivity contribution in [3.05, 3.63) is 215 Å². The topological polar surface area (TPSA) is 271 Å². The first kappa shape index (κ1) is 86.5. The van der Waals surface area contributed by atoms with E-state index in [0.29, 0.717) is 220 Å². The second-order valence-corrected chi connectivity index (χ2v) is 29.3. The second kappa shape index (κ2) is 46.4. The first-order valence-electron chi connectivity index (χ1n) is 40.9. The van der Waals surface area contributed by atoms with Crippen molar-refractivity contribution in [3.8, 4) is 46.0 Å². The molecule has 0 saturated heterocycles. The number of benzene rings is 8. The molecule has 0 amide bonds. The van der Waals surface area contributed by atoms with Gasteiger partial charge in [0, 0.05) is 32.3 Å². The predicted octanol–water partition coefficient (Wildman–Crippen LogP) is 14.8. The summed E-state index contributed by atoms with van der Waals surface area (Å²) in [7, 11) is 0. The van der Waals surface area contributed by atoms with E-state index in [1.807, 2.05) is 134 Å². The Kier molecular flexibility index (Phi) is 34.0. The number of hydrogen-bond donors (Lipinski definition) is 0. The highest BCUT2D eigenvalue weighted by Gasteiger charge is 2.20. The van der Waals surface area contributed by atoms with Crippen molar-refractivity contribution in [1.82, 2.24) is 60.0 Å². The van der Waals surface area contributed by atoms with Crippen molar-refractivity contribution < 1.29 is 75.8 Å². The zero-order valence-corrected chi connectivity index (χ0v) is 69.2. The Bertz CT molecular complexity index is 4630. The molecule has 0 spiro atoms. The molecule has 0 atom stereocenters. The fourth-order valence-electron chi connectivity index (χ4n) is 13.3. The van der Waals surface area contributed by atoms with Crippen molar-refractivity contribution in [2.45, 2.75) is 132 Å². The molecule has 28 heteroatoms. The molecule has 0 bridgehead atoms. The number of aromatic nitrogens is 12. The van der Waals surface area contributed by atoms with Gasteiger partial charge in [0.25, 0.3) is 0 Å². The molecule has 0 aliphatic heterocycles. The number of rotatable bonds is 56. The summed E-state index contributed by atoms with van der Waals surface area (Å²) in [5.41, 5.74) is 7.76. The Morgan fingerprint density at radius 2 is 0.424 bits per heavy atom. The molecule has 0 radical (unpaired) electrons. The van der Waals surface area contributed by atoms with Crippen LogP contribution in [0.2, 0.25) is 0 Å². The van der Waals surface area contributed by atoms with E-state index in [1.54, 1.807) is 18.7 Å². The average molecular weight is 1620 g/mol. The highest BCUT2D eigenvalue weighted by molar-refractivity contribution is 5.94. The second-order valence-electron chi connectivity index (χ2n) is 29.3. The van der Waals surface area contributed by atoms with Gasteiger partial charge >= 0.3 is 0 Å².